The summed E-state index contributed by atoms with van der Waals surface area (Å²) < 4.78 is 77.4. The largest absolute Gasteiger partial charge is 0.309 e. The minimum absolute atomic E-state index is 0.0582. The molecule has 0 aliphatic rings. The highest BCUT2D eigenvalue weighted by atomic mass is 15.0. The summed E-state index contributed by atoms with van der Waals surface area (Å²) in [5, 5.41) is 7.84. The third-order valence-electron chi connectivity index (χ3n) is 8.57. The maximum atomic E-state index is 9.25. The summed E-state index contributed by atoms with van der Waals surface area (Å²) in [7, 11) is 0. The van der Waals surface area contributed by atoms with Gasteiger partial charge in [0.05, 0.1) is 33.0 Å². The van der Waals surface area contributed by atoms with Crippen LogP contribution in [0.1, 0.15) is 11.0 Å². The number of rotatable bonds is 3. The first-order chi connectivity index (χ1) is 24.2. The molecule has 0 amide bonds. The van der Waals surface area contributed by atoms with E-state index in [-0.39, 0.29) is 46.7 Å². The average molecular weight is 541 g/mol. The van der Waals surface area contributed by atoms with E-state index in [4.69, 9.17) is 0 Å². The summed E-state index contributed by atoms with van der Waals surface area (Å²) in [4.78, 5) is 0. The number of aromatic nitrogens is 2. The predicted molar refractivity (Wildman–Crippen MR) is 178 cm³/mol. The topological polar surface area (TPSA) is 9.86 Å². The van der Waals surface area contributed by atoms with Crippen LogP contribution in [0.5, 0.6) is 0 Å². The lowest BCUT2D eigenvalue weighted by Gasteiger charge is -2.11. The molecule has 0 atom stereocenters. The molecule has 0 fully saturated rings. The van der Waals surface area contributed by atoms with Crippen LogP contribution in [0, 0.1) is 0 Å². The van der Waals surface area contributed by atoms with E-state index in [1.165, 1.54) is 0 Å². The summed E-state index contributed by atoms with van der Waals surface area (Å²) in [6.45, 7) is 0. The lowest BCUT2D eigenvalue weighted by Crippen LogP contribution is -1.94. The lowest BCUT2D eigenvalue weighted by molar-refractivity contribution is 1.18. The van der Waals surface area contributed by atoms with E-state index in [1.54, 1.807) is 9.13 Å². The molecule has 2 heterocycles. The van der Waals surface area contributed by atoms with E-state index in [0.717, 1.165) is 65.2 Å². The molecule has 10 rings (SSSR count). The van der Waals surface area contributed by atoms with Crippen LogP contribution in [0.3, 0.4) is 0 Å². The van der Waals surface area contributed by atoms with E-state index >= 15 is 0 Å². The molecule has 0 aliphatic carbocycles. The molecule has 10 aromatic rings. The summed E-state index contributed by atoms with van der Waals surface area (Å²) in [6.07, 6.45) is 0. The van der Waals surface area contributed by atoms with Gasteiger partial charge < -0.3 is 9.13 Å². The van der Waals surface area contributed by atoms with Gasteiger partial charge in [0, 0.05) is 32.9 Å². The van der Waals surface area contributed by atoms with Gasteiger partial charge in [0.25, 0.3) is 0 Å². The molecule has 2 aromatic heterocycles. The zero-order chi connectivity index (χ0) is 34.3. The van der Waals surface area contributed by atoms with Crippen LogP contribution < -0.4 is 0 Å². The Morgan fingerprint density at radius 3 is 0.905 bits per heavy atom. The standard InChI is InChI=1S/C40H24N2/c1-5-27-13-14-28-6-2-10-34-38(28)37(27)33(9-1)41(34)31-21-17-25(18-22-31)26-19-23-32(24-20-26)42-35-11-3-7-29-15-16-30-8-4-12-36(42)40(30)39(29)35/h1-24H/i17D,18D,19D,20D,21D,22D,23D,24D. The van der Waals surface area contributed by atoms with Crippen molar-refractivity contribution in [2.24, 2.45) is 0 Å². The highest BCUT2D eigenvalue weighted by Gasteiger charge is 2.17. The normalized spacial score (nSPS) is 15.0. The first-order valence-corrected chi connectivity index (χ1v) is 13.9. The first kappa shape index (κ1) is 16.0. The van der Waals surface area contributed by atoms with Gasteiger partial charge in [-0.05, 0) is 81.1 Å². The Balaban J connectivity index is 1.25. The molecule has 0 unspecified atom stereocenters. The lowest BCUT2D eigenvalue weighted by atomic mass is 10.0. The fraction of sp³-hybridized carbons (Fsp3) is 0. The van der Waals surface area contributed by atoms with Gasteiger partial charge in [-0.3, -0.25) is 0 Å². The summed E-state index contributed by atoms with van der Waals surface area (Å²) >= 11 is 0. The Hall–Kier alpha value is -5.60. The quantitative estimate of drug-likeness (QED) is 0.197. The maximum absolute atomic E-state index is 9.25. The summed E-state index contributed by atoms with van der Waals surface area (Å²) in [6, 6.07) is 28.3. The molecule has 0 radical (unpaired) electrons. The van der Waals surface area contributed by atoms with Crippen LogP contribution in [0.25, 0.3) is 87.7 Å². The van der Waals surface area contributed by atoms with Crippen LogP contribution in [-0.2, 0) is 0 Å². The Kier molecular flexibility index (Phi) is 3.04. The van der Waals surface area contributed by atoms with Crippen LogP contribution in [0.4, 0.5) is 0 Å². The number of nitrogens with zero attached hydrogens (tertiary/aromatic N) is 2. The van der Waals surface area contributed by atoms with Crippen molar-refractivity contribution in [1.29, 1.82) is 0 Å². The van der Waals surface area contributed by atoms with Crippen molar-refractivity contribution in [3.63, 3.8) is 0 Å². The fourth-order valence-corrected chi connectivity index (χ4v) is 6.81. The molecule has 0 aliphatic heterocycles. The summed E-state index contributed by atoms with van der Waals surface area (Å²) in [5.74, 6) is 0. The molecular weight excluding hydrogens is 508 g/mol. The SMILES string of the molecule is [2H]c1c([2H])c(-n2c3cccc4ccc5cccc2c5c43)c([2H])c([2H])c1-c1c([2H])c([2H])c(-n2c3cccc4ccc5cccc2c5c43)c([2H])c1[2H]. The Labute approximate surface area is 253 Å². The molecule has 2 nitrogen and oxygen atoms in total. The monoisotopic (exact) mass is 540 g/mol. The second-order valence-corrected chi connectivity index (χ2v) is 10.8. The third kappa shape index (κ3) is 2.83. The number of hydrogen-bond acceptors (Lipinski definition) is 0. The van der Waals surface area contributed by atoms with Crippen LogP contribution >= 0.6 is 0 Å². The van der Waals surface area contributed by atoms with Crippen molar-refractivity contribution in [2.45, 2.75) is 0 Å². The van der Waals surface area contributed by atoms with Crippen molar-refractivity contribution >= 4 is 65.2 Å². The van der Waals surface area contributed by atoms with Gasteiger partial charge in [-0.2, -0.15) is 0 Å². The molecular formula is C40H24N2. The van der Waals surface area contributed by atoms with Crippen molar-refractivity contribution in [3.05, 3.63) is 145 Å². The second kappa shape index (κ2) is 7.99. The van der Waals surface area contributed by atoms with Crippen LogP contribution in [0.15, 0.2) is 145 Å². The van der Waals surface area contributed by atoms with Crippen molar-refractivity contribution in [1.82, 2.24) is 9.13 Å². The van der Waals surface area contributed by atoms with Crippen molar-refractivity contribution in [2.75, 3.05) is 0 Å². The molecule has 0 saturated carbocycles. The Morgan fingerprint density at radius 1 is 0.333 bits per heavy atom. The van der Waals surface area contributed by atoms with Crippen LogP contribution in [-0.4, -0.2) is 9.13 Å². The van der Waals surface area contributed by atoms with E-state index in [1.807, 2.05) is 97.1 Å². The third-order valence-corrected chi connectivity index (χ3v) is 8.57. The first-order valence-electron chi connectivity index (χ1n) is 17.9. The van der Waals surface area contributed by atoms with Gasteiger partial charge in [0.2, 0.25) is 0 Å². The minimum atomic E-state index is -0.437. The van der Waals surface area contributed by atoms with Gasteiger partial charge in [-0.1, -0.05) is 97.0 Å². The molecule has 0 N–H and O–H groups in total. The van der Waals surface area contributed by atoms with Gasteiger partial charge >= 0.3 is 0 Å². The van der Waals surface area contributed by atoms with Crippen LogP contribution in [0.2, 0.25) is 0 Å². The van der Waals surface area contributed by atoms with Gasteiger partial charge in [-0.15, -0.1) is 0 Å². The Bertz CT molecular complexity index is 2680. The smallest absolute Gasteiger partial charge is 0.0645 e. The molecule has 0 spiro atoms. The highest BCUT2D eigenvalue weighted by molar-refractivity contribution is 6.25. The van der Waals surface area contributed by atoms with Gasteiger partial charge in [0.1, 0.15) is 0 Å². The van der Waals surface area contributed by atoms with Gasteiger partial charge in [-0.25, -0.2) is 0 Å². The molecule has 42 heavy (non-hydrogen) atoms. The van der Waals surface area contributed by atoms with Crippen molar-refractivity contribution < 1.29 is 11.0 Å². The molecule has 0 bridgehead atoms. The average Bonchev–Trinajstić information content (AvgIpc) is 3.65. The fourth-order valence-electron chi connectivity index (χ4n) is 6.81. The zero-order valence-electron chi connectivity index (χ0n) is 30.1. The van der Waals surface area contributed by atoms with E-state index in [2.05, 4.69) is 0 Å². The molecule has 194 valence electrons. The minimum Gasteiger partial charge on any atom is -0.309 e. The predicted octanol–water partition coefficient (Wildman–Crippen LogP) is 10.7. The zero-order valence-corrected chi connectivity index (χ0v) is 22.1. The number of benzene rings is 8. The van der Waals surface area contributed by atoms with E-state index in [9.17, 15) is 11.0 Å². The highest BCUT2D eigenvalue weighted by Crippen LogP contribution is 2.40. The van der Waals surface area contributed by atoms with Crippen molar-refractivity contribution in [3.8, 4) is 22.5 Å². The number of hydrogen-bond donors (Lipinski definition) is 0. The van der Waals surface area contributed by atoms with Gasteiger partial charge in [0.15, 0.2) is 0 Å². The molecule has 2 heteroatoms. The Morgan fingerprint density at radius 2 is 0.619 bits per heavy atom. The second-order valence-electron chi connectivity index (χ2n) is 10.8. The van der Waals surface area contributed by atoms with E-state index in [0.29, 0.717) is 0 Å². The maximum Gasteiger partial charge on any atom is 0.0645 e. The van der Waals surface area contributed by atoms with E-state index < -0.39 is 24.2 Å². The molecule has 0 saturated heterocycles. The summed E-state index contributed by atoms with van der Waals surface area (Å²) in [5.41, 5.74) is 2.55. The molecule has 8 aromatic carbocycles.